The number of nitriles is 1. The van der Waals surface area contributed by atoms with E-state index in [-0.39, 0.29) is 0 Å². The summed E-state index contributed by atoms with van der Waals surface area (Å²) in [6.45, 7) is 8.51. The van der Waals surface area contributed by atoms with Gasteiger partial charge in [-0.2, -0.15) is 5.26 Å². The summed E-state index contributed by atoms with van der Waals surface area (Å²) in [5.41, 5.74) is 7.94. The number of fused-ring (bicyclic) bond motifs is 3. The number of benzene rings is 2. The smallest absolute Gasteiger partial charge is 0.157 e. The Kier molecular flexibility index (Phi) is 4.98. The Morgan fingerprint density at radius 1 is 1.10 bits per heavy atom. The molecule has 0 spiro atoms. The lowest BCUT2D eigenvalue weighted by atomic mass is 9.97. The summed E-state index contributed by atoms with van der Waals surface area (Å²) in [7, 11) is 0. The number of hydrogen-bond donors (Lipinski definition) is 1. The molecule has 0 saturated heterocycles. The Balaban J connectivity index is 2.05. The van der Waals surface area contributed by atoms with Crippen LogP contribution in [0.5, 0.6) is 0 Å². The monoisotopic (exact) mass is 382 g/mol. The van der Waals surface area contributed by atoms with E-state index in [0.29, 0.717) is 11.6 Å². The van der Waals surface area contributed by atoms with Crippen molar-refractivity contribution in [2.24, 2.45) is 0 Å². The van der Waals surface area contributed by atoms with Gasteiger partial charge in [-0.05, 0) is 50.5 Å². The van der Waals surface area contributed by atoms with E-state index in [1.54, 1.807) is 0 Å². The van der Waals surface area contributed by atoms with Crippen LogP contribution < -0.4 is 5.32 Å². The highest BCUT2D eigenvalue weighted by atomic mass is 15.1. The van der Waals surface area contributed by atoms with Crippen molar-refractivity contribution >= 4 is 22.5 Å². The van der Waals surface area contributed by atoms with Gasteiger partial charge in [-0.15, -0.1) is 0 Å². The third kappa shape index (κ3) is 3.34. The van der Waals surface area contributed by atoms with Crippen LogP contribution in [0.2, 0.25) is 0 Å². The molecule has 0 radical (unpaired) electrons. The lowest BCUT2D eigenvalue weighted by Gasteiger charge is -2.22. The van der Waals surface area contributed by atoms with Crippen LogP contribution in [0.4, 0.5) is 5.82 Å². The van der Waals surface area contributed by atoms with Gasteiger partial charge in [0.05, 0.1) is 16.6 Å². The zero-order valence-electron chi connectivity index (χ0n) is 17.5. The van der Waals surface area contributed by atoms with Crippen molar-refractivity contribution < 1.29 is 0 Å². The molecule has 1 unspecified atom stereocenters. The Morgan fingerprint density at radius 3 is 2.52 bits per heavy atom. The molecule has 4 aromatic rings. The molecule has 29 heavy (non-hydrogen) atoms. The zero-order valence-corrected chi connectivity index (χ0v) is 17.5. The highest BCUT2D eigenvalue weighted by molar-refractivity contribution is 5.86. The molecule has 1 N–H and O–H groups in total. The van der Waals surface area contributed by atoms with Crippen LogP contribution in [0.25, 0.3) is 16.7 Å². The molecule has 0 aliphatic heterocycles. The minimum Gasteiger partial charge on any atom is -0.368 e. The summed E-state index contributed by atoms with van der Waals surface area (Å²) < 4.78 is 2.14. The molecule has 0 aliphatic rings. The van der Waals surface area contributed by atoms with E-state index in [1.807, 2.05) is 25.1 Å². The van der Waals surface area contributed by atoms with Gasteiger partial charge in [0.2, 0.25) is 0 Å². The second kappa shape index (κ2) is 7.60. The van der Waals surface area contributed by atoms with Crippen molar-refractivity contribution in [2.75, 3.05) is 5.32 Å². The molecule has 0 aliphatic carbocycles. The number of rotatable bonds is 5. The van der Waals surface area contributed by atoms with Crippen molar-refractivity contribution in [3.63, 3.8) is 0 Å². The molecular weight excluding hydrogens is 356 g/mol. The molecule has 4 rings (SSSR count). The van der Waals surface area contributed by atoms with Gasteiger partial charge in [0.1, 0.15) is 11.9 Å². The molecule has 146 valence electrons. The van der Waals surface area contributed by atoms with Crippen LogP contribution in [-0.4, -0.2) is 15.4 Å². The van der Waals surface area contributed by atoms with E-state index in [1.165, 1.54) is 11.1 Å². The predicted molar refractivity (Wildman–Crippen MR) is 120 cm³/mol. The second-order valence-electron chi connectivity index (χ2n) is 7.81. The molecule has 4 heteroatoms. The first-order valence-electron chi connectivity index (χ1n) is 10.2. The molecule has 0 amide bonds. The minimum atomic E-state index is 0.309. The second-order valence-corrected chi connectivity index (χ2v) is 7.81. The number of anilines is 1. The van der Waals surface area contributed by atoms with E-state index in [4.69, 9.17) is 4.98 Å². The SMILES string of the molecule is CCC(C)Nc1c(Cc2ccc(C)cc2)c(C)c(C#N)c2nc3ccccc3n12. The number of imidazole rings is 1. The number of aryl methyl sites for hydroxylation is 1. The third-order valence-electron chi connectivity index (χ3n) is 5.73. The van der Waals surface area contributed by atoms with Crippen LogP contribution >= 0.6 is 0 Å². The Morgan fingerprint density at radius 2 is 1.83 bits per heavy atom. The Hall–Kier alpha value is -3.32. The fourth-order valence-corrected chi connectivity index (χ4v) is 3.80. The number of nitrogens with one attached hydrogen (secondary N) is 1. The molecule has 0 bridgehead atoms. The number of para-hydroxylation sites is 2. The first-order chi connectivity index (χ1) is 14.0. The first-order valence-corrected chi connectivity index (χ1v) is 10.2. The molecule has 2 aromatic heterocycles. The maximum Gasteiger partial charge on any atom is 0.157 e. The minimum absolute atomic E-state index is 0.309. The third-order valence-corrected chi connectivity index (χ3v) is 5.73. The molecule has 2 aromatic carbocycles. The number of hydrogen-bond acceptors (Lipinski definition) is 3. The summed E-state index contributed by atoms with van der Waals surface area (Å²) in [6.07, 6.45) is 1.78. The summed E-state index contributed by atoms with van der Waals surface area (Å²) in [4.78, 5) is 4.80. The van der Waals surface area contributed by atoms with Crippen LogP contribution in [0.15, 0.2) is 48.5 Å². The lowest BCUT2D eigenvalue weighted by Crippen LogP contribution is -2.19. The zero-order chi connectivity index (χ0) is 20.5. The van der Waals surface area contributed by atoms with E-state index in [9.17, 15) is 5.26 Å². The Bertz CT molecular complexity index is 1230. The number of aromatic nitrogens is 2. The molecule has 0 saturated carbocycles. The fourth-order valence-electron chi connectivity index (χ4n) is 3.80. The molecule has 0 fully saturated rings. The molecule has 1 atom stereocenters. The molecule has 4 nitrogen and oxygen atoms in total. The Labute approximate surface area is 171 Å². The maximum atomic E-state index is 9.96. The molecule has 2 heterocycles. The van der Waals surface area contributed by atoms with Crippen molar-refractivity contribution in [1.82, 2.24) is 9.38 Å². The van der Waals surface area contributed by atoms with Gasteiger partial charge in [0.15, 0.2) is 5.65 Å². The van der Waals surface area contributed by atoms with Crippen molar-refractivity contribution in [2.45, 2.75) is 46.6 Å². The van der Waals surface area contributed by atoms with Crippen LogP contribution in [0, 0.1) is 25.2 Å². The quantitative estimate of drug-likeness (QED) is 0.476. The summed E-state index contributed by atoms with van der Waals surface area (Å²) in [6, 6.07) is 19.4. The highest BCUT2D eigenvalue weighted by Gasteiger charge is 2.21. The molecular formula is C25H26N4. The largest absolute Gasteiger partial charge is 0.368 e. The van der Waals surface area contributed by atoms with Crippen molar-refractivity contribution in [1.29, 1.82) is 5.26 Å². The van der Waals surface area contributed by atoms with Gasteiger partial charge in [-0.25, -0.2) is 4.98 Å². The van der Waals surface area contributed by atoms with E-state index in [0.717, 1.165) is 46.5 Å². The topological polar surface area (TPSA) is 53.1 Å². The van der Waals surface area contributed by atoms with Crippen LogP contribution in [0.3, 0.4) is 0 Å². The van der Waals surface area contributed by atoms with Crippen molar-refractivity contribution in [3.8, 4) is 6.07 Å². The lowest BCUT2D eigenvalue weighted by molar-refractivity contribution is 0.754. The van der Waals surface area contributed by atoms with Gasteiger partial charge < -0.3 is 5.32 Å². The summed E-state index contributed by atoms with van der Waals surface area (Å²) in [5.74, 6) is 1.04. The van der Waals surface area contributed by atoms with E-state index < -0.39 is 0 Å². The van der Waals surface area contributed by atoms with Gasteiger partial charge >= 0.3 is 0 Å². The van der Waals surface area contributed by atoms with Crippen molar-refractivity contribution in [3.05, 3.63) is 76.3 Å². The van der Waals surface area contributed by atoms with Gasteiger partial charge in [-0.3, -0.25) is 4.40 Å². The van der Waals surface area contributed by atoms with Crippen LogP contribution in [-0.2, 0) is 6.42 Å². The summed E-state index contributed by atoms with van der Waals surface area (Å²) in [5, 5.41) is 13.7. The predicted octanol–water partition coefficient (Wildman–Crippen LogP) is 5.78. The highest BCUT2D eigenvalue weighted by Crippen LogP contribution is 2.33. The normalized spacial score (nSPS) is 12.2. The fraction of sp³-hybridized carbons (Fsp3) is 0.280. The average Bonchev–Trinajstić information content (AvgIpc) is 3.11. The van der Waals surface area contributed by atoms with Crippen LogP contribution in [0.1, 0.15) is 48.1 Å². The average molecular weight is 383 g/mol. The number of nitrogens with zero attached hydrogens (tertiary/aromatic N) is 3. The van der Waals surface area contributed by atoms with Gasteiger partial charge in [-0.1, -0.05) is 48.9 Å². The maximum absolute atomic E-state index is 9.96. The van der Waals surface area contributed by atoms with E-state index in [2.05, 4.69) is 66.9 Å². The van der Waals surface area contributed by atoms with Gasteiger partial charge in [0, 0.05) is 18.0 Å². The van der Waals surface area contributed by atoms with E-state index >= 15 is 0 Å². The standard InChI is InChI=1S/C25H26N4/c1-5-17(3)27-24-20(14-19-12-10-16(2)11-13-19)18(4)21(15-26)25-28-22-8-6-7-9-23(22)29(24)25/h6-13,17,27H,5,14H2,1-4H3. The number of pyridine rings is 1. The summed E-state index contributed by atoms with van der Waals surface area (Å²) >= 11 is 0. The van der Waals surface area contributed by atoms with Gasteiger partial charge in [0.25, 0.3) is 0 Å². The first kappa shape index (κ1) is 19.0.